The molecule has 1 aliphatic heterocycles. The molecule has 0 aromatic carbocycles. The number of cyclic esters (lactones) is 1. The zero-order chi connectivity index (χ0) is 6.85. The first-order chi connectivity index (χ1) is 4.20. The van der Waals surface area contributed by atoms with Gasteiger partial charge in [-0.25, -0.2) is 4.79 Å². The van der Waals surface area contributed by atoms with Gasteiger partial charge in [0.1, 0.15) is 0 Å². The highest BCUT2D eigenvalue weighted by Gasteiger charge is 2.11. The van der Waals surface area contributed by atoms with Crippen LogP contribution in [0.5, 0.6) is 0 Å². The quantitative estimate of drug-likeness (QED) is 0.328. The number of carbonyl (C=O) groups excluding carboxylic acids is 1. The Balaban J connectivity index is 3.11. The minimum Gasteiger partial charge on any atom is -0.407 e. The van der Waals surface area contributed by atoms with Crippen LogP contribution in [-0.2, 0) is 19.8 Å². The third-order valence-electron chi connectivity index (χ3n) is 0.721. The molecule has 0 fully saturated rings. The average Bonchev–Trinajstić information content (AvgIpc) is 2.14. The van der Waals surface area contributed by atoms with Gasteiger partial charge in [0, 0.05) is 12.2 Å². The molecule has 0 saturated heterocycles. The molecule has 0 aromatic rings. The van der Waals surface area contributed by atoms with Gasteiger partial charge in [-0.1, -0.05) is 0 Å². The molecule has 0 amide bonds. The summed E-state index contributed by atoms with van der Waals surface area (Å²) in [6.45, 7) is 0. The van der Waals surface area contributed by atoms with Crippen molar-refractivity contribution in [2.24, 2.45) is 0 Å². The summed E-state index contributed by atoms with van der Waals surface area (Å²) in [6, 6.07) is 0. The summed E-state index contributed by atoms with van der Waals surface area (Å²) in [7, 11) is -2.42. The fourth-order valence-corrected chi connectivity index (χ4v) is 0.722. The first kappa shape index (κ1) is 6.03. The first-order valence-electron chi connectivity index (χ1n) is 2.06. The molecule has 0 radical (unpaired) electrons. The molecule has 0 aromatic heterocycles. The summed E-state index contributed by atoms with van der Waals surface area (Å²) in [5.41, 5.74) is 0. The van der Waals surface area contributed by atoms with Gasteiger partial charge in [-0.2, -0.15) is 8.42 Å². The maximum absolute atomic E-state index is 10.2. The lowest BCUT2D eigenvalue weighted by atomic mass is 10.6. The molecule has 0 aliphatic carbocycles. The van der Waals surface area contributed by atoms with E-state index in [0.29, 0.717) is 0 Å². The summed E-state index contributed by atoms with van der Waals surface area (Å²) in [5.74, 6) is -0.644. The highest BCUT2D eigenvalue weighted by molar-refractivity contribution is 7.73. The third-order valence-corrected chi connectivity index (χ3v) is 1.27. The van der Waals surface area contributed by atoms with Gasteiger partial charge < -0.3 is 4.74 Å². The molecule has 1 aliphatic rings. The predicted molar refractivity (Wildman–Crippen MR) is 29.2 cm³/mol. The van der Waals surface area contributed by atoms with Crippen LogP contribution in [0.3, 0.4) is 0 Å². The molecule has 5 heteroatoms. The van der Waals surface area contributed by atoms with Gasteiger partial charge in [0.05, 0.1) is 0 Å². The van der Waals surface area contributed by atoms with Crippen molar-refractivity contribution in [3.63, 3.8) is 0 Å². The third kappa shape index (κ3) is 1.17. The molecule has 48 valence electrons. The van der Waals surface area contributed by atoms with E-state index in [9.17, 15) is 13.2 Å². The number of carbonyl (C=O) groups is 1. The molecule has 0 bridgehead atoms. The molecule has 4 nitrogen and oxygen atoms in total. The second kappa shape index (κ2) is 2.02. The molecular formula is C4H2O4S. The monoisotopic (exact) mass is 146 g/mol. The second-order valence-corrected chi connectivity index (χ2v) is 2.18. The van der Waals surface area contributed by atoms with Crippen molar-refractivity contribution in [2.75, 3.05) is 0 Å². The van der Waals surface area contributed by atoms with Crippen molar-refractivity contribution >= 4 is 21.3 Å². The van der Waals surface area contributed by atoms with E-state index in [2.05, 4.69) is 4.74 Å². The molecule has 0 N–H and O–H groups in total. The SMILES string of the molecule is O=C1C=CC(=S(=O)=O)O1. The smallest absolute Gasteiger partial charge is 0.337 e. The summed E-state index contributed by atoms with van der Waals surface area (Å²) in [6.07, 6.45) is 2.15. The number of hydrogen-bond acceptors (Lipinski definition) is 4. The van der Waals surface area contributed by atoms with Crippen LogP contribution < -0.4 is 0 Å². The Hall–Kier alpha value is -1.10. The maximum atomic E-state index is 10.2. The van der Waals surface area contributed by atoms with Crippen LogP contribution in [0.25, 0.3) is 0 Å². The van der Waals surface area contributed by atoms with Gasteiger partial charge in [0.15, 0.2) is 0 Å². The normalized spacial score (nSPS) is 16.0. The lowest BCUT2D eigenvalue weighted by Crippen LogP contribution is -1.99. The molecule has 0 unspecified atom stereocenters. The Morgan fingerprint density at radius 1 is 1.33 bits per heavy atom. The molecule has 0 spiro atoms. The predicted octanol–water partition coefficient (Wildman–Crippen LogP) is -0.892. The largest absolute Gasteiger partial charge is 0.407 e. The minimum atomic E-state index is -2.42. The van der Waals surface area contributed by atoms with E-state index in [1.807, 2.05) is 0 Å². The van der Waals surface area contributed by atoms with E-state index in [1.165, 1.54) is 0 Å². The van der Waals surface area contributed by atoms with Crippen LogP contribution in [0.4, 0.5) is 0 Å². The van der Waals surface area contributed by atoms with E-state index >= 15 is 0 Å². The summed E-state index contributed by atoms with van der Waals surface area (Å²) in [5, 5.41) is -0.319. The summed E-state index contributed by atoms with van der Waals surface area (Å²) in [4.78, 5) is 10.2. The molecule has 0 saturated carbocycles. The van der Waals surface area contributed by atoms with Gasteiger partial charge >= 0.3 is 5.97 Å². The van der Waals surface area contributed by atoms with Crippen molar-refractivity contribution in [2.45, 2.75) is 0 Å². The van der Waals surface area contributed by atoms with Crippen molar-refractivity contribution in [1.29, 1.82) is 0 Å². The molecule has 1 heterocycles. The Morgan fingerprint density at radius 2 is 2.00 bits per heavy atom. The maximum Gasteiger partial charge on any atom is 0.337 e. The first-order valence-corrected chi connectivity index (χ1v) is 3.14. The van der Waals surface area contributed by atoms with Gasteiger partial charge in [-0.15, -0.1) is 0 Å². The van der Waals surface area contributed by atoms with Crippen LogP contribution in [0, 0.1) is 0 Å². The zero-order valence-corrected chi connectivity index (χ0v) is 5.01. The molecule has 1 rings (SSSR count). The zero-order valence-electron chi connectivity index (χ0n) is 4.20. The summed E-state index contributed by atoms with van der Waals surface area (Å²) >= 11 is 0. The van der Waals surface area contributed by atoms with Gasteiger partial charge in [-0.3, -0.25) is 0 Å². The highest BCUT2D eigenvalue weighted by Crippen LogP contribution is 1.94. The van der Waals surface area contributed by atoms with Gasteiger partial charge in [0.25, 0.3) is 10.3 Å². The van der Waals surface area contributed by atoms with Crippen LogP contribution in [0.15, 0.2) is 12.2 Å². The number of esters is 1. The Morgan fingerprint density at radius 3 is 2.22 bits per heavy atom. The number of rotatable bonds is 0. The lowest BCUT2D eigenvalue weighted by Gasteiger charge is -1.83. The molecular weight excluding hydrogens is 144 g/mol. The van der Waals surface area contributed by atoms with Crippen molar-refractivity contribution in [3.8, 4) is 0 Å². The van der Waals surface area contributed by atoms with Gasteiger partial charge in [-0.05, 0) is 0 Å². The van der Waals surface area contributed by atoms with Crippen LogP contribution >= 0.6 is 0 Å². The van der Waals surface area contributed by atoms with Crippen LogP contribution in [0.1, 0.15) is 0 Å². The van der Waals surface area contributed by atoms with Crippen LogP contribution in [0.2, 0.25) is 0 Å². The van der Waals surface area contributed by atoms with Gasteiger partial charge in [0.2, 0.25) is 5.05 Å². The fourth-order valence-electron chi connectivity index (χ4n) is 0.393. The fraction of sp³-hybridized carbons (Fsp3) is 0. The Labute approximate surface area is 52.3 Å². The average molecular weight is 146 g/mol. The second-order valence-electron chi connectivity index (χ2n) is 1.31. The number of hydrogen-bond donors (Lipinski definition) is 0. The van der Waals surface area contributed by atoms with Crippen molar-refractivity contribution in [3.05, 3.63) is 12.2 Å². The van der Waals surface area contributed by atoms with E-state index in [1.54, 1.807) is 0 Å². The summed E-state index contributed by atoms with van der Waals surface area (Å²) < 4.78 is 24.1. The van der Waals surface area contributed by atoms with E-state index in [0.717, 1.165) is 12.2 Å². The molecule has 9 heavy (non-hydrogen) atoms. The lowest BCUT2D eigenvalue weighted by molar-refractivity contribution is -0.129. The van der Waals surface area contributed by atoms with Crippen molar-refractivity contribution in [1.82, 2.24) is 0 Å². The topological polar surface area (TPSA) is 60.4 Å². The molecule has 0 atom stereocenters. The van der Waals surface area contributed by atoms with Crippen LogP contribution in [-0.4, -0.2) is 19.4 Å². The Kier molecular flexibility index (Phi) is 1.35. The Bertz CT molecular complexity index is 287. The number of ether oxygens (including phenoxy) is 1. The van der Waals surface area contributed by atoms with Crippen molar-refractivity contribution < 1.29 is 17.9 Å². The van der Waals surface area contributed by atoms with E-state index in [4.69, 9.17) is 0 Å². The van der Waals surface area contributed by atoms with E-state index < -0.39 is 16.3 Å². The highest BCUT2D eigenvalue weighted by atomic mass is 32.2. The minimum absolute atomic E-state index is 0.319. The van der Waals surface area contributed by atoms with E-state index in [-0.39, 0.29) is 5.05 Å². The standard InChI is InChI=1S/C4H2O4S/c5-3-1-2-4(8-3)9(6)7/h1-2H.